The standard InChI is InChI=1S/C41H36NO.C16H18N.Ir/c1-25-20-28(23-41(4,5)6)14-17-31(25)30-16-18-32(26(2)21-30)37-22-38(42-24-27(37)3)36-13-9-12-34-35-19-15-29-10-7-8-11-33(29)39(35)43-40(34)36;1-12-5-7-13(8-6-12)15-10-9-14(11-17-15)16(2,3)4;/h7-12,14-22,24H,23H2,1-6H3;5-7,9-11H,1-4H3;/q2*-1;/i1D3,2D3,3D3,23D2;1D3;. The van der Waals surface area contributed by atoms with Crippen molar-refractivity contribution in [1.82, 2.24) is 9.97 Å². The molecule has 9 aromatic rings. The van der Waals surface area contributed by atoms with E-state index < -0.39 is 39.2 Å². The SMILES string of the molecule is [2H]C([2H])([2H])c1c[c-]c(-c2ccc(C(C)(C)C)cn2)cc1.[2H]C([2H])([2H])c1cc(C([2H])([2H])C(C)(C)C)ccc1-c1ccc(-c2cc(-c3[c-]ccc4c3oc3c5ccccc5ccc43)ncc2C([2H])([2H])[2H])c(C([2H])([2H])[2H])c1.[Ir]. The van der Waals surface area contributed by atoms with Crippen LogP contribution in [0.4, 0.5) is 0 Å². The molecule has 0 saturated heterocycles. The maximum absolute atomic E-state index is 8.74. The molecule has 0 unspecified atom stereocenters. The summed E-state index contributed by atoms with van der Waals surface area (Å²) < 4.78 is 122. The third-order valence-electron chi connectivity index (χ3n) is 10.4. The number of hydrogen-bond donors (Lipinski definition) is 0. The van der Waals surface area contributed by atoms with E-state index in [4.69, 9.17) is 23.6 Å². The maximum atomic E-state index is 8.74. The Labute approximate surface area is 395 Å². The molecule has 9 rings (SSSR count). The Kier molecular flexibility index (Phi) is 8.19. The van der Waals surface area contributed by atoms with Crippen LogP contribution in [0.2, 0.25) is 0 Å². The number of aromatic nitrogens is 2. The minimum atomic E-state index is -2.75. The minimum absolute atomic E-state index is 0. The van der Waals surface area contributed by atoms with Gasteiger partial charge in [0.15, 0.2) is 0 Å². The number of rotatable bonds is 5. The number of nitrogens with zero attached hydrogens (tertiary/aromatic N) is 2. The molecule has 0 aliphatic heterocycles. The van der Waals surface area contributed by atoms with Crippen LogP contribution in [0.5, 0.6) is 0 Å². The van der Waals surface area contributed by atoms with Gasteiger partial charge in [0, 0.05) is 62.5 Å². The molecule has 0 fully saturated rings. The summed E-state index contributed by atoms with van der Waals surface area (Å²) in [5, 5.41) is 3.63. The molecule has 309 valence electrons. The van der Waals surface area contributed by atoms with Crippen molar-refractivity contribution in [2.24, 2.45) is 5.41 Å². The van der Waals surface area contributed by atoms with Gasteiger partial charge in [-0.05, 0) is 105 Å². The summed E-state index contributed by atoms with van der Waals surface area (Å²) in [6.07, 6.45) is 1.22. The van der Waals surface area contributed by atoms with Crippen LogP contribution in [-0.2, 0) is 31.9 Å². The Balaban J connectivity index is 0.000000328. The van der Waals surface area contributed by atoms with E-state index >= 15 is 0 Å². The predicted octanol–water partition coefficient (Wildman–Crippen LogP) is 15.6. The molecule has 3 aromatic heterocycles. The van der Waals surface area contributed by atoms with Crippen molar-refractivity contribution in [3.05, 3.63) is 179 Å². The monoisotopic (exact) mass is 989 g/mol. The van der Waals surface area contributed by atoms with E-state index in [-0.39, 0.29) is 70.0 Å². The first-order valence-electron chi connectivity index (χ1n) is 26.8. The molecule has 0 N–H and O–H groups in total. The second kappa shape index (κ2) is 17.4. The Bertz CT molecular complexity index is 3490. The zero-order valence-electron chi connectivity index (χ0n) is 48.8. The number of furan rings is 1. The normalized spacial score (nSPS) is 16.2. The summed E-state index contributed by atoms with van der Waals surface area (Å²) in [5.74, 6) is 0. The van der Waals surface area contributed by atoms with Crippen LogP contribution >= 0.6 is 0 Å². The summed E-state index contributed by atoms with van der Waals surface area (Å²) >= 11 is 0. The van der Waals surface area contributed by atoms with Gasteiger partial charge < -0.3 is 14.4 Å². The molecule has 61 heavy (non-hydrogen) atoms. The molecule has 3 heterocycles. The molecule has 0 saturated carbocycles. The molecule has 4 heteroatoms. The van der Waals surface area contributed by atoms with Gasteiger partial charge in [0.1, 0.15) is 5.58 Å². The zero-order chi connectivity index (χ0) is 54.1. The summed E-state index contributed by atoms with van der Waals surface area (Å²) in [4.78, 5) is 8.98. The van der Waals surface area contributed by atoms with E-state index in [1.54, 1.807) is 51.1 Å². The van der Waals surface area contributed by atoms with Gasteiger partial charge >= 0.3 is 0 Å². The fourth-order valence-electron chi connectivity index (χ4n) is 7.31. The van der Waals surface area contributed by atoms with E-state index in [9.17, 15) is 0 Å². The number of aryl methyl sites for hydroxylation is 4. The number of fused-ring (bicyclic) bond motifs is 5. The molecule has 6 aromatic carbocycles. The molecule has 0 amide bonds. The molecular weight excluding hydrogens is 921 g/mol. The van der Waals surface area contributed by atoms with Crippen LogP contribution in [0.1, 0.15) is 94.1 Å². The first-order valence-corrected chi connectivity index (χ1v) is 19.8. The molecular formula is C57H54IrN2O-2. The topological polar surface area (TPSA) is 38.9 Å². The average molecular weight is 989 g/mol. The van der Waals surface area contributed by atoms with Crippen molar-refractivity contribution in [2.45, 2.75) is 80.7 Å². The summed E-state index contributed by atoms with van der Waals surface area (Å²) in [5.41, 5.74) is 4.69. The first-order chi connectivity index (χ1) is 34.2. The Morgan fingerprint density at radius 1 is 0.623 bits per heavy atom. The quantitative estimate of drug-likeness (QED) is 0.161. The summed E-state index contributed by atoms with van der Waals surface area (Å²) in [6, 6.07) is 40.9. The Morgan fingerprint density at radius 2 is 1.39 bits per heavy atom. The van der Waals surface area contributed by atoms with Crippen molar-refractivity contribution < 1.29 is 43.7 Å². The van der Waals surface area contributed by atoms with E-state index in [0.717, 1.165) is 32.8 Å². The molecule has 0 aliphatic rings. The number of hydrogen-bond acceptors (Lipinski definition) is 3. The third-order valence-corrected chi connectivity index (χ3v) is 10.4. The largest absolute Gasteiger partial charge is 0.500 e. The first kappa shape index (κ1) is 28.8. The van der Waals surface area contributed by atoms with Gasteiger partial charge in [0.2, 0.25) is 0 Å². The zero-order valence-corrected chi connectivity index (χ0v) is 37.2. The van der Waals surface area contributed by atoms with Crippen molar-refractivity contribution in [2.75, 3.05) is 0 Å². The van der Waals surface area contributed by atoms with Gasteiger partial charge in [-0.15, -0.1) is 53.6 Å². The predicted molar refractivity (Wildman–Crippen MR) is 253 cm³/mol. The molecule has 0 aliphatic carbocycles. The van der Waals surface area contributed by atoms with Crippen LogP contribution in [0.3, 0.4) is 0 Å². The van der Waals surface area contributed by atoms with Crippen LogP contribution < -0.4 is 0 Å². The van der Waals surface area contributed by atoms with Crippen molar-refractivity contribution >= 4 is 32.7 Å². The van der Waals surface area contributed by atoms with Crippen molar-refractivity contribution in [3.63, 3.8) is 0 Å². The van der Waals surface area contributed by atoms with Gasteiger partial charge in [0.05, 0.1) is 5.58 Å². The van der Waals surface area contributed by atoms with Gasteiger partial charge in [0.25, 0.3) is 0 Å². The molecule has 0 atom stereocenters. The van der Waals surface area contributed by atoms with Crippen LogP contribution in [0, 0.1) is 45.0 Å². The van der Waals surface area contributed by atoms with Gasteiger partial charge in [-0.25, -0.2) is 0 Å². The van der Waals surface area contributed by atoms with E-state index in [2.05, 4.69) is 42.9 Å². The molecule has 0 spiro atoms. The van der Waals surface area contributed by atoms with E-state index in [1.807, 2.05) is 60.8 Å². The Hall–Kier alpha value is -5.67. The van der Waals surface area contributed by atoms with Crippen LogP contribution in [-0.4, -0.2) is 9.97 Å². The average Bonchev–Trinajstić information content (AvgIpc) is 3.72. The van der Waals surface area contributed by atoms with Crippen molar-refractivity contribution in [3.8, 4) is 44.8 Å². The summed E-state index contributed by atoms with van der Waals surface area (Å²) in [6.45, 7) is 1.44. The third kappa shape index (κ3) is 9.32. The van der Waals surface area contributed by atoms with Crippen molar-refractivity contribution in [1.29, 1.82) is 0 Å². The Morgan fingerprint density at radius 3 is 2.11 bits per heavy atom. The minimum Gasteiger partial charge on any atom is -0.500 e. The van der Waals surface area contributed by atoms with Crippen LogP contribution in [0.15, 0.2) is 138 Å². The van der Waals surface area contributed by atoms with Gasteiger partial charge in [-0.2, -0.15) is 0 Å². The number of benzene rings is 6. The number of pyridine rings is 2. The fraction of sp³-hybridized carbons (Fsp3) is 0.228. The molecule has 1 radical (unpaired) electrons. The summed E-state index contributed by atoms with van der Waals surface area (Å²) in [7, 11) is 0. The van der Waals surface area contributed by atoms with E-state index in [1.165, 1.54) is 48.2 Å². The van der Waals surface area contributed by atoms with Gasteiger partial charge in [-0.1, -0.05) is 150 Å². The maximum Gasteiger partial charge on any atom is 0.128 e. The van der Waals surface area contributed by atoms with E-state index in [0.29, 0.717) is 28.0 Å². The second-order valence-corrected chi connectivity index (χ2v) is 17.0. The second-order valence-electron chi connectivity index (χ2n) is 17.0. The molecule has 0 bridgehead atoms. The smallest absolute Gasteiger partial charge is 0.128 e. The van der Waals surface area contributed by atoms with Crippen LogP contribution in [0.25, 0.3) is 77.5 Å². The fourth-order valence-corrected chi connectivity index (χ4v) is 7.31. The molecule has 3 nitrogen and oxygen atoms in total. The van der Waals surface area contributed by atoms with Gasteiger partial charge in [-0.3, -0.25) is 0 Å².